The van der Waals surface area contributed by atoms with Crippen molar-refractivity contribution in [3.63, 3.8) is 0 Å². The van der Waals surface area contributed by atoms with Crippen LogP contribution in [0, 0.1) is 0 Å². The maximum atomic E-state index is 6.43. The number of hydrogen-bond donors (Lipinski definition) is 0. The normalized spacial score (nSPS) is 30.5. The highest BCUT2D eigenvalue weighted by molar-refractivity contribution is 6.33. The summed E-state index contributed by atoms with van der Waals surface area (Å²) in [6, 6.07) is 4.05. The standard InChI is InChI=1S/C14H19ClN2O/c1-14-5-6-16(2)13(14)17(3)12-10(14)7-9(18-4)8-11(12)15/h7-8,13H,5-6H2,1-4H3/t13?,14-/m0/s1. The average molecular weight is 267 g/mol. The number of ether oxygens (including phenoxy) is 1. The first-order valence-corrected chi connectivity index (χ1v) is 6.68. The van der Waals surface area contributed by atoms with Crippen LogP contribution in [0.4, 0.5) is 5.69 Å². The Morgan fingerprint density at radius 2 is 2.11 bits per heavy atom. The lowest BCUT2D eigenvalue weighted by molar-refractivity contribution is 0.268. The molecule has 0 aromatic heterocycles. The third-order valence-electron chi connectivity index (χ3n) is 4.58. The Morgan fingerprint density at radius 3 is 2.78 bits per heavy atom. The van der Waals surface area contributed by atoms with Gasteiger partial charge in [0, 0.05) is 25.1 Å². The van der Waals surface area contributed by atoms with Gasteiger partial charge < -0.3 is 9.64 Å². The summed E-state index contributed by atoms with van der Waals surface area (Å²) in [5, 5.41) is 0.788. The molecule has 4 heteroatoms. The van der Waals surface area contributed by atoms with Crippen LogP contribution in [0.15, 0.2) is 12.1 Å². The smallest absolute Gasteiger partial charge is 0.120 e. The van der Waals surface area contributed by atoms with E-state index in [0.29, 0.717) is 6.17 Å². The van der Waals surface area contributed by atoms with Crippen LogP contribution in [0.3, 0.4) is 0 Å². The van der Waals surface area contributed by atoms with Gasteiger partial charge in [-0.05, 0) is 25.1 Å². The summed E-state index contributed by atoms with van der Waals surface area (Å²) in [7, 11) is 6.01. The van der Waals surface area contributed by atoms with Crippen molar-refractivity contribution in [3.05, 3.63) is 22.7 Å². The lowest BCUT2D eigenvalue weighted by Gasteiger charge is -2.32. The van der Waals surface area contributed by atoms with E-state index in [1.54, 1.807) is 7.11 Å². The summed E-state index contributed by atoms with van der Waals surface area (Å²) in [5.74, 6) is 0.851. The van der Waals surface area contributed by atoms with E-state index in [0.717, 1.165) is 29.4 Å². The highest BCUT2D eigenvalue weighted by atomic mass is 35.5. The number of likely N-dealkylation sites (N-methyl/N-ethyl adjacent to an activating group) is 2. The summed E-state index contributed by atoms with van der Waals surface area (Å²) in [6.45, 7) is 3.46. The molecule has 0 amide bonds. The van der Waals surface area contributed by atoms with E-state index in [1.165, 1.54) is 5.56 Å². The predicted molar refractivity (Wildman–Crippen MR) is 74.8 cm³/mol. The molecule has 1 aromatic carbocycles. The Balaban J connectivity index is 2.22. The van der Waals surface area contributed by atoms with Gasteiger partial charge in [0.25, 0.3) is 0 Å². The van der Waals surface area contributed by atoms with Crippen molar-refractivity contribution in [1.82, 2.24) is 4.90 Å². The van der Waals surface area contributed by atoms with Crippen LogP contribution in [-0.2, 0) is 5.41 Å². The third kappa shape index (κ3) is 1.35. The molecule has 1 fully saturated rings. The van der Waals surface area contributed by atoms with Crippen molar-refractivity contribution >= 4 is 17.3 Å². The van der Waals surface area contributed by atoms with Gasteiger partial charge in [0.1, 0.15) is 5.75 Å². The van der Waals surface area contributed by atoms with Gasteiger partial charge in [-0.15, -0.1) is 0 Å². The molecular formula is C14H19ClN2O. The minimum atomic E-state index is 0.150. The average Bonchev–Trinajstić information content (AvgIpc) is 2.75. The molecule has 2 atom stereocenters. The topological polar surface area (TPSA) is 15.7 Å². The summed E-state index contributed by atoms with van der Waals surface area (Å²) in [5.41, 5.74) is 2.64. The number of benzene rings is 1. The number of methoxy groups -OCH3 is 1. The number of likely N-dealkylation sites (tertiary alicyclic amines) is 1. The first kappa shape index (κ1) is 12.1. The molecule has 0 radical (unpaired) electrons. The Morgan fingerprint density at radius 1 is 1.39 bits per heavy atom. The van der Waals surface area contributed by atoms with Crippen LogP contribution in [0.2, 0.25) is 5.02 Å². The fourth-order valence-electron chi connectivity index (χ4n) is 3.75. The van der Waals surface area contributed by atoms with Gasteiger partial charge in [-0.3, -0.25) is 4.90 Å². The van der Waals surface area contributed by atoms with Crippen LogP contribution < -0.4 is 9.64 Å². The molecule has 1 saturated heterocycles. The minimum absolute atomic E-state index is 0.150. The zero-order valence-electron chi connectivity index (χ0n) is 11.3. The van der Waals surface area contributed by atoms with Crippen molar-refractivity contribution in [1.29, 1.82) is 0 Å². The van der Waals surface area contributed by atoms with Crippen LogP contribution in [0.25, 0.3) is 0 Å². The van der Waals surface area contributed by atoms with E-state index in [4.69, 9.17) is 16.3 Å². The molecule has 18 heavy (non-hydrogen) atoms. The Labute approximate surface area is 113 Å². The second-order valence-electron chi connectivity index (χ2n) is 5.64. The predicted octanol–water partition coefficient (Wildman–Crippen LogP) is 2.72. The lowest BCUT2D eigenvalue weighted by atomic mass is 9.81. The molecule has 0 N–H and O–H groups in total. The molecule has 2 heterocycles. The second kappa shape index (κ2) is 3.78. The Kier molecular flexibility index (Phi) is 2.55. The van der Waals surface area contributed by atoms with E-state index < -0.39 is 0 Å². The van der Waals surface area contributed by atoms with E-state index in [-0.39, 0.29) is 5.41 Å². The number of halogens is 1. The molecule has 3 rings (SSSR count). The number of rotatable bonds is 1. The van der Waals surface area contributed by atoms with Gasteiger partial charge in [-0.2, -0.15) is 0 Å². The Hall–Kier alpha value is -0.930. The summed E-state index contributed by atoms with van der Waals surface area (Å²) in [6.07, 6.45) is 1.56. The molecule has 0 saturated carbocycles. The third-order valence-corrected chi connectivity index (χ3v) is 4.87. The first-order chi connectivity index (χ1) is 8.49. The molecule has 0 spiro atoms. The van der Waals surface area contributed by atoms with Gasteiger partial charge in [-0.25, -0.2) is 0 Å². The fourth-order valence-corrected chi connectivity index (χ4v) is 4.09. The van der Waals surface area contributed by atoms with E-state index in [1.807, 2.05) is 6.07 Å². The van der Waals surface area contributed by atoms with Gasteiger partial charge in [0.2, 0.25) is 0 Å². The molecule has 0 bridgehead atoms. The highest BCUT2D eigenvalue weighted by Crippen LogP contribution is 2.54. The fraction of sp³-hybridized carbons (Fsp3) is 0.571. The van der Waals surface area contributed by atoms with Gasteiger partial charge in [0.05, 0.1) is 24.0 Å². The van der Waals surface area contributed by atoms with Crippen LogP contribution in [-0.4, -0.2) is 38.8 Å². The summed E-state index contributed by atoms with van der Waals surface area (Å²) >= 11 is 6.43. The zero-order chi connectivity index (χ0) is 13.1. The monoisotopic (exact) mass is 266 g/mol. The van der Waals surface area contributed by atoms with Crippen LogP contribution in [0.5, 0.6) is 5.75 Å². The van der Waals surface area contributed by atoms with Gasteiger partial charge >= 0.3 is 0 Å². The number of fused-ring (bicyclic) bond motifs is 3. The molecule has 98 valence electrons. The van der Waals surface area contributed by atoms with Crippen molar-refractivity contribution in [2.45, 2.75) is 24.9 Å². The maximum Gasteiger partial charge on any atom is 0.120 e. The maximum absolute atomic E-state index is 6.43. The molecule has 0 aliphatic carbocycles. The number of nitrogens with zero attached hydrogens (tertiary/aromatic N) is 2. The lowest BCUT2D eigenvalue weighted by Crippen LogP contribution is -2.45. The van der Waals surface area contributed by atoms with Crippen molar-refractivity contribution in [2.24, 2.45) is 0 Å². The summed E-state index contributed by atoms with van der Waals surface area (Å²) < 4.78 is 5.36. The molecule has 1 unspecified atom stereocenters. The van der Waals surface area contributed by atoms with Gasteiger partial charge in [-0.1, -0.05) is 18.5 Å². The number of anilines is 1. The molecule has 1 aromatic rings. The molecular weight excluding hydrogens is 248 g/mol. The van der Waals surface area contributed by atoms with Crippen molar-refractivity contribution in [2.75, 3.05) is 32.6 Å². The first-order valence-electron chi connectivity index (χ1n) is 6.30. The van der Waals surface area contributed by atoms with E-state index in [9.17, 15) is 0 Å². The largest absolute Gasteiger partial charge is 0.497 e. The molecule has 3 nitrogen and oxygen atoms in total. The van der Waals surface area contributed by atoms with Crippen LogP contribution in [0.1, 0.15) is 18.9 Å². The Bertz CT molecular complexity index is 505. The van der Waals surface area contributed by atoms with Crippen molar-refractivity contribution < 1.29 is 4.74 Å². The molecule has 2 aliphatic heterocycles. The summed E-state index contributed by atoms with van der Waals surface area (Å²) in [4.78, 5) is 4.72. The molecule has 2 aliphatic rings. The van der Waals surface area contributed by atoms with E-state index in [2.05, 4.69) is 36.9 Å². The second-order valence-corrected chi connectivity index (χ2v) is 6.05. The van der Waals surface area contributed by atoms with E-state index >= 15 is 0 Å². The van der Waals surface area contributed by atoms with Gasteiger partial charge in [0.15, 0.2) is 0 Å². The van der Waals surface area contributed by atoms with Crippen LogP contribution >= 0.6 is 11.6 Å². The van der Waals surface area contributed by atoms with Crippen molar-refractivity contribution in [3.8, 4) is 5.75 Å². The SMILES string of the molecule is COc1cc(Cl)c2c(c1)[C@]1(C)CCN(C)C1N2C. The quantitative estimate of drug-likeness (QED) is 0.777. The zero-order valence-corrected chi connectivity index (χ0v) is 12.1. The number of hydrogen-bond acceptors (Lipinski definition) is 3. The highest BCUT2D eigenvalue weighted by Gasteiger charge is 2.53. The minimum Gasteiger partial charge on any atom is -0.497 e.